The number of rotatable bonds is 2. The summed E-state index contributed by atoms with van der Waals surface area (Å²) in [5.41, 5.74) is 2.52. The van der Waals surface area contributed by atoms with Gasteiger partial charge in [0, 0.05) is 6.42 Å². The van der Waals surface area contributed by atoms with E-state index in [1.807, 2.05) is 42.5 Å². The highest BCUT2D eigenvalue weighted by Crippen LogP contribution is 2.34. The minimum atomic E-state index is -0.803. The predicted octanol–water partition coefficient (Wildman–Crippen LogP) is 3.28. The van der Waals surface area contributed by atoms with E-state index in [-0.39, 0.29) is 18.5 Å². The predicted molar refractivity (Wildman–Crippen MR) is 99.9 cm³/mol. The molecule has 3 aromatic rings. The van der Waals surface area contributed by atoms with E-state index in [0.29, 0.717) is 12.8 Å². The fraction of sp³-hybridized carbons (Fsp3) is 0.250. The number of para-hydroxylation sites is 1. The first-order chi connectivity index (χ1) is 12.6. The third-order valence-corrected chi connectivity index (χ3v) is 6.33. The van der Waals surface area contributed by atoms with Crippen molar-refractivity contribution < 1.29 is 9.59 Å². The van der Waals surface area contributed by atoms with Crippen LogP contribution >= 0.6 is 11.3 Å². The second-order valence-electron chi connectivity index (χ2n) is 6.92. The second kappa shape index (κ2) is 5.64. The highest BCUT2D eigenvalue weighted by atomic mass is 32.1. The lowest BCUT2D eigenvalue weighted by molar-refractivity contribution is -0.132. The Morgan fingerprint density at radius 2 is 1.85 bits per heavy atom. The van der Waals surface area contributed by atoms with Gasteiger partial charge in [-0.25, -0.2) is 9.78 Å². The molecule has 0 saturated carbocycles. The molecule has 0 unspecified atom stereocenters. The number of thiazole rings is 1. The first-order valence-electron chi connectivity index (χ1n) is 8.70. The van der Waals surface area contributed by atoms with Crippen molar-refractivity contribution in [2.75, 3.05) is 0 Å². The Balaban J connectivity index is 1.43. The summed E-state index contributed by atoms with van der Waals surface area (Å²) in [7, 11) is 0. The Morgan fingerprint density at radius 1 is 1.08 bits per heavy atom. The number of aryl methyl sites for hydroxylation is 1. The van der Waals surface area contributed by atoms with Crippen molar-refractivity contribution >= 4 is 33.5 Å². The Kier molecular flexibility index (Phi) is 3.37. The molecular weight excluding hydrogens is 346 g/mol. The fourth-order valence-corrected chi connectivity index (χ4v) is 4.92. The molecule has 1 spiro atoms. The lowest BCUT2D eigenvalue weighted by Crippen LogP contribution is -2.51. The first-order valence-corrected chi connectivity index (χ1v) is 9.52. The Hall–Kier alpha value is -2.73. The van der Waals surface area contributed by atoms with Gasteiger partial charge in [-0.15, -0.1) is 11.3 Å². The fourth-order valence-electron chi connectivity index (χ4n) is 3.97. The van der Waals surface area contributed by atoms with Gasteiger partial charge in [-0.2, -0.15) is 0 Å². The van der Waals surface area contributed by atoms with Crippen LogP contribution in [0.25, 0.3) is 10.2 Å². The van der Waals surface area contributed by atoms with E-state index >= 15 is 0 Å². The summed E-state index contributed by atoms with van der Waals surface area (Å²) in [4.78, 5) is 31.6. The average Bonchev–Trinajstić information content (AvgIpc) is 3.16. The minimum absolute atomic E-state index is 0.128. The van der Waals surface area contributed by atoms with E-state index in [1.54, 1.807) is 0 Å². The number of carbonyl (C=O) groups excluding carboxylic acids is 2. The molecule has 0 bridgehead atoms. The zero-order valence-corrected chi connectivity index (χ0v) is 14.9. The number of hydrogen-bond donors (Lipinski definition) is 1. The molecule has 2 aliphatic rings. The maximum atomic E-state index is 13.1. The summed E-state index contributed by atoms with van der Waals surface area (Å²) >= 11 is 1.53. The summed E-state index contributed by atoms with van der Waals surface area (Å²) < 4.78 is 1.07. The van der Waals surface area contributed by atoms with Crippen molar-refractivity contribution in [3.63, 3.8) is 0 Å². The zero-order valence-electron chi connectivity index (χ0n) is 14.1. The number of nitrogens with zero attached hydrogens (tertiary/aromatic N) is 2. The van der Waals surface area contributed by atoms with Crippen LogP contribution in [-0.4, -0.2) is 27.4 Å². The van der Waals surface area contributed by atoms with Gasteiger partial charge in [-0.3, -0.25) is 9.69 Å². The normalized spacial score (nSPS) is 22.1. The van der Waals surface area contributed by atoms with E-state index in [9.17, 15) is 9.59 Å². The van der Waals surface area contributed by atoms with Gasteiger partial charge in [0.1, 0.15) is 10.5 Å². The largest absolute Gasteiger partial charge is 0.325 e. The Labute approximate surface area is 154 Å². The van der Waals surface area contributed by atoms with Gasteiger partial charge in [-0.05, 0) is 36.1 Å². The molecule has 5 rings (SSSR count). The monoisotopic (exact) mass is 363 g/mol. The number of amides is 3. The molecule has 1 atom stereocenters. The number of carbonyl (C=O) groups is 2. The van der Waals surface area contributed by atoms with Crippen molar-refractivity contribution in [1.29, 1.82) is 0 Å². The van der Waals surface area contributed by atoms with Crippen LogP contribution in [0.1, 0.15) is 22.6 Å². The molecule has 3 amide bonds. The van der Waals surface area contributed by atoms with Crippen molar-refractivity contribution in [3.05, 3.63) is 64.7 Å². The molecule has 26 heavy (non-hydrogen) atoms. The van der Waals surface area contributed by atoms with Gasteiger partial charge >= 0.3 is 6.03 Å². The van der Waals surface area contributed by atoms with Gasteiger partial charge in [0.25, 0.3) is 5.91 Å². The lowest BCUT2D eigenvalue weighted by Gasteiger charge is -2.32. The molecule has 6 heteroatoms. The van der Waals surface area contributed by atoms with Crippen LogP contribution in [0.2, 0.25) is 0 Å². The molecule has 1 saturated heterocycles. The van der Waals surface area contributed by atoms with E-state index in [1.165, 1.54) is 21.8 Å². The van der Waals surface area contributed by atoms with E-state index in [2.05, 4.69) is 16.4 Å². The topological polar surface area (TPSA) is 62.3 Å². The maximum Gasteiger partial charge on any atom is 0.325 e. The molecule has 0 radical (unpaired) electrons. The van der Waals surface area contributed by atoms with Crippen molar-refractivity contribution in [2.24, 2.45) is 0 Å². The van der Waals surface area contributed by atoms with Crippen molar-refractivity contribution in [1.82, 2.24) is 15.2 Å². The van der Waals surface area contributed by atoms with E-state index in [0.717, 1.165) is 27.2 Å². The molecule has 1 aliphatic carbocycles. The van der Waals surface area contributed by atoms with Gasteiger partial charge in [0.2, 0.25) is 0 Å². The summed E-state index contributed by atoms with van der Waals surface area (Å²) in [6, 6.07) is 15.7. The van der Waals surface area contributed by atoms with Gasteiger partial charge in [0.05, 0.1) is 16.8 Å². The molecule has 1 N–H and O–H groups in total. The third kappa shape index (κ3) is 2.33. The summed E-state index contributed by atoms with van der Waals surface area (Å²) in [6.07, 6.45) is 2.01. The van der Waals surface area contributed by atoms with Crippen LogP contribution < -0.4 is 5.32 Å². The molecule has 1 fully saturated rings. The summed E-state index contributed by atoms with van der Waals surface area (Å²) in [5.74, 6) is -0.128. The first kappa shape index (κ1) is 15.5. The molecule has 1 aliphatic heterocycles. The number of hydrogen-bond acceptors (Lipinski definition) is 4. The third-order valence-electron chi connectivity index (χ3n) is 5.31. The van der Waals surface area contributed by atoms with Gasteiger partial charge in [0.15, 0.2) is 0 Å². The Morgan fingerprint density at radius 3 is 2.69 bits per heavy atom. The number of nitrogens with one attached hydrogen (secondary N) is 1. The number of benzene rings is 2. The zero-order chi connectivity index (χ0) is 17.7. The highest BCUT2D eigenvalue weighted by Gasteiger charge is 2.52. The molecule has 130 valence electrons. The maximum absolute atomic E-state index is 13.1. The molecule has 2 heterocycles. The van der Waals surface area contributed by atoms with Gasteiger partial charge < -0.3 is 5.32 Å². The van der Waals surface area contributed by atoms with Crippen LogP contribution in [0, 0.1) is 0 Å². The van der Waals surface area contributed by atoms with E-state index < -0.39 is 5.54 Å². The average molecular weight is 363 g/mol. The second-order valence-corrected chi connectivity index (χ2v) is 8.04. The van der Waals surface area contributed by atoms with Crippen LogP contribution in [0.4, 0.5) is 4.79 Å². The van der Waals surface area contributed by atoms with Crippen LogP contribution in [0.5, 0.6) is 0 Å². The quantitative estimate of drug-likeness (QED) is 0.711. The number of fused-ring (bicyclic) bond motifs is 2. The van der Waals surface area contributed by atoms with Crippen LogP contribution in [0.3, 0.4) is 0 Å². The van der Waals surface area contributed by atoms with Crippen molar-refractivity contribution in [2.45, 2.75) is 31.3 Å². The SMILES string of the molecule is O=C1N[C@@]2(CCc3ccccc3C2)C(=O)N1Cc1nc2ccccc2s1. The number of imide groups is 1. The molecular formula is C20H17N3O2S. The molecule has 2 aromatic carbocycles. The van der Waals surface area contributed by atoms with Crippen LogP contribution in [-0.2, 0) is 24.2 Å². The van der Waals surface area contributed by atoms with E-state index in [4.69, 9.17) is 0 Å². The molecule has 1 aromatic heterocycles. The summed E-state index contributed by atoms with van der Waals surface area (Å²) in [6.45, 7) is 0.230. The van der Waals surface area contributed by atoms with Crippen LogP contribution in [0.15, 0.2) is 48.5 Å². The van der Waals surface area contributed by atoms with Gasteiger partial charge in [-0.1, -0.05) is 36.4 Å². The van der Waals surface area contributed by atoms with Crippen molar-refractivity contribution in [3.8, 4) is 0 Å². The summed E-state index contributed by atoms with van der Waals surface area (Å²) in [5, 5.41) is 3.76. The minimum Gasteiger partial charge on any atom is -0.323 e. The highest BCUT2D eigenvalue weighted by molar-refractivity contribution is 7.18. The number of aromatic nitrogens is 1. The molecule has 5 nitrogen and oxygen atoms in total. The Bertz CT molecular complexity index is 1010. The smallest absolute Gasteiger partial charge is 0.323 e. The standard InChI is InChI=1S/C20H17N3O2S/c24-18-20(10-9-13-5-1-2-6-14(13)11-20)22-19(25)23(18)12-17-21-15-7-3-4-8-16(15)26-17/h1-8H,9-12H2,(H,22,25)/t20-/m1/s1. The number of urea groups is 1. The lowest BCUT2D eigenvalue weighted by atomic mass is 9.78.